The zero-order valence-corrected chi connectivity index (χ0v) is 15.4. The Hall–Kier alpha value is -1.88. The summed E-state index contributed by atoms with van der Waals surface area (Å²) in [6.45, 7) is 10.1. The van der Waals surface area contributed by atoms with E-state index in [9.17, 15) is 9.90 Å². The summed E-state index contributed by atoms with van der Waals surface area (Å²) in [7, 11) is 1.69. The van der Waals surface area contributed by atoms with Crippen LogP contribution in [0.3, 0.4) is 0 Å². The summed E-state index contributed by atoms with van der Waals surface area (Å²) in [4.78, 5) is 18.7. The summed E-state index contributed by atoms with van der Waals surface area (Å²) in [5.74, 6) is 0.274. The second-order valence-corrected chi connectivity index (χ2v) is 7.29. The number of hydrogen-bond acceptors (Lipinski definition) is 4. The molecule has 23 heavy (non-hydrogen) atoms. The van der Waals surface area contributed by atoms with Crippen molar-refractivity contribution in [3.8, 4) is 5.75 Å². The van der Waals surface area contributed by atoms with E-state index < -0.39 is 0 Å². The molecule has 1 heterocycles. The highest BCUT2D eigenvalue weighted by molar-refractivity contribution is 7.14. The van der Waals surface area contributed by atoms with Crippen LogP contribution in [0.25, 0.3) is 0 Å². The molecule has 1 aromatic heterocycles. The van der Waals surface area contributed by atoms with E-state index in [2.05, 4.69) is 18.8 Å². The Morgan fingerprint density at radius 1 is 1.22 bits per heavy atom. The molecule has 0 atom stereocenters. The Kier molecular flexibility index (Phi) is 5.09. The molecule has 4 nitrogen and oxygen atoms in total. The van der Waals surface area contributed by atoms with Gasteiger partial charge < -0.3 is 5.11 Å². The van der Waals surface area contributed by atoms with Crippen LogP contribution in [0.5, 0.6) is 5.75 Å². The van der Waals surface area contributed by atoms with Crippen LogP contribution in [0.1, 0.15) is 66.7 Å². The summed E-state index contributed by atoms with van der Waals surface area (Å²) < 4.78 is 0. The molecule has 0 aliphatic rings. The van der Waals surface area contributed by atoms with Gasteiger partial charge in [0.25, 0.3) is 5.91 Å². The van der Waals surface area contributed by atoms with Gasteiger partial charge >= 0.3 is 0 Å². The van der Waals surface area contributed by atoms with Crippen LogP contribution in [0.15, 0.2) is 17.5 Å². The van der Waals surface area contributed by atoms with Gasteiger partial charge in [-0.2, -0.15) is 0 Å². The molecule has 0 saturated heterocycles. The number of rotatable bonds is 4. The van der Waals surface area contributed by atoms with E-state index in [1.165, 1.54) is 16.2 Å². The number of phenols is 1. The fourth-order valence-corrected chi connectivity index (χ4v) is 3.15. The first-order valence-electron chi connectivity index (χ1n) is 7.79. The number of anilines is 1. The molecule has 0 unspecified atom stereocenters. The van der Waals surface area contributed by atoms with Gasteiger partial charge in [0.1, 0.15) is 5.75 Å². The van der Waals surface area contributed by atoms with E-state index in [1.54, 1.807) is 13.1 Å². The monoisotopic (exact) mass is 332 g/mol. The highest BCUT2D eigenvalue weighted by atomic mass is 32.1. The summed E-state index contributed by atoms with van der Waals surface area (Å²) in [6, 6.07) is 3.79. The van der Waals surface area contributed by atoms with Crippen molar-refractivity contribution < 1.29 is 9.90 Å². The van der Waals surface area contributed by atoms with Crippen LogP contribution in [0.4, 0.5) is 5.13 Å². The van der Waals surface area contributed by atoms with Crippen molar-refractivity contribution in [2.24, 2.45) is 0 Å². The molecule has 0 spiro atoms. The van der Waals surface area contributed by atoms with Gasteiger partial charge in [0.05, 0.1) is 11.3 Å². The van der Waals surface area contributed by atoms with E-state index in [0.29, 0.717) is 10.7 Å². The van der Waals surface area contributed by atoms with Gasteiger partial charge in [0.15, 0.2) is 5.13 Å². The number of phenolic OH excluding ortho intramolecular Hbond substituents is 1. The van der Waals surface area contributed by atoms with Gasteiger partial charge in [-0.1, -0.05) is 33.8 Å². The van der Waals surface area contributed by atoms with E-state index in [0.717, 1.165) is 16.8 Å². The summed E-state index contributed by atoms with van der Waals surface area (Å²) in [6.07, 6.45) is 0. The molecule has 1 N–H and O–H groups in total. The number of hydrogen-bond donors (Lipinski definition) is 1. The molecule has 0 fully saturated rings. The van der Waals surface area contributed by atoms with Crippen molar-refractivity contribution in [1.82, 2.24) is 4.98 Å². The van der Waals surface area contributed by atoms with Crippen molar-refractivity contribution in [3.63, 3.8) is 0 Å². The molecule has 2 rings (SSSR count). The Morgan fingerprint density at radius 2 is 1.87 bits per heavy atom. The maximum atomic E-state index is 12.9. The average molecular weight is 332 g/mol. The standard InChI is InChI=1S/C18H24N2O2S/c1-10(2)13-7-14(11(3)4)16(21)15(8-13)17(22)20(6)18-19-12(5)9-23-18/h7-11,21H,1-6H3. The molecule has 124 valence electrons. The molecular weight excluding hydrogens is 308 g/mol. The smallest absolute Gasteiger partial charge is 0.263 e. The first kappa shape index (κ1) is 17.5. The first-order valence-corrected chi connectivity index (χ1v) is 8.67. The summed E-state index contributed by atoms with van der Waals surface area (Å²) in [5, 5.41) is 13.1. The second-order valence-electron chi connectivity index (χ2n) is 6.45. The Bertz CT molecular complexity index is 720. The highest BCUT2D eigenvalue weighted by Crippen LogP contribution is 2.34. The van der Waals surface area contributed by atoms with Crippen LogP contribution in [0, 0.1) is 6.92 Å². The van der Waals surface area contributed by atoms with Crippen LogP contribution in [-0.2, 0) is 0 Å². The fourth-order valence-electron chi connectivity index (χ4n) is 2.38. The molecule has 0 aliphatic heterocycles. The molecule has 2 aromatic rings. The lowest BCUT2D eigenvalue weighted by Crippen LogP contribution is -2.26. The number of carbonyl (C=O) groups is 1. The number of nitrogens with zero attached hydrogens (tertiary/aromatic N) is 2. The predicted octanol–water partition coefficient (Wildman–Crippen LogP) is 4.68. The van der Waals surface area contributed by atoms with E-state index in [4.69, 9.17) is 0 Å². The highest BCUT2D eigenvalue weighted by Gasteiger charge is 2.23. The zero-order valence-electron chi connectivity index (χ0n) is 14.5. The molecule has 1 aromatic carbocycles. The van der Waals surface area contributed by atoms with Crippen molar-refractivity contribution in [2.75, 3.05) is 11.9 Å². The maximum absolute atomic E-state index is 12.9. The molecular formula is C18H24N2O2S. The van der Waals surface area contributed by atoms with Gasteiger partial charge in [-0.3, -0.25) is 9.69 Å². The Morgan fingerprint density at radius 3 is 2.35 bits per heavy atom. The minimum atomic E-state index is -0.235. The number of aromatic hydroxyl groups is 1. The largest absolute Gasteiger partial charge is 0.507 e. The lowest BCUT2D eigenvalue weighted by atomic mass is 9.91. The van der Waals surface area contributed by atoms with Crippen LogP contribution < -0.4 is 4.90 Å². The number of benzene rings is 1. The third-order valence-electron chi connectivity index (χ3n) is 3.88. The zero-order chi connectivity index (χ0) is 17.3. The summed E-state index contributed by atoms with van der Waals surface area (Å²) in [5.41, 5.74) is 3.09. The van der Waals surface area contributed by atoms with Gasteiger partial charge in [0, 0.05) is 12.4 Å². The van der Waals surface area contributed by atoms with Gasteiger partial charge in [-0.15, -0.1) is 11.3 Å². The normalized spacial score (nSPS) is 11.3. The molecule has 5 heteroatoms. The van der Waals surface area contributed by atoms with Gasteiger partial charge in [-0.05, 0) is 36.0 Å². The number of carbonyl (C=O) groups excluding carboxylic acids is 1. The van der Waals surface area contributed by atoms with Crippen LogP contribution in [-0.4, -0.2) is 23.0 Å². The minimum Gasteiger partial charge on any atom is -0.507 e. The van der Waals surface area contributed by atoms with E-state index in [1.807, 2.05) is 32.2 Å². The van der Waals surface area contributed by atoms with Crippen molar-refractivity contribution in [3.05, 3.63) is 39.9 Å². The quantitative estimate of drug-likeness (QED) is 0.884. The predicted molar refractivity (Wildman–Crippen MR) is 95.9 cm³/mol. The molecule has 0 radical (unpaired) electrons. The third kappa shape index (κ3) is 3.55. The first-order chi connectivity index (χ1) is 10.7. The van der Waals surface area contributed by atoms with Crippen molar-refractivity contribution in [1.29, 1.82) is 0 Å². The van der Waals surface area contributed by atoms with E-state index >= 15 is 0 Å². The number of aryl methyl sites for hydroxylation is 1. The molecule has 0 aliphatic carbocycles. The third-order valence-corrected chi connectivity index (χ3v) is 4.91. The van der Waals surface area contributed by atoms with E-state index in [-0.39, 0.29) is 23.5 Å². The Labute approximate surface area is 141 Å². The number of thiazole rings is 1. The second kappa shape index (κ2) is 6.71. The number of amides is 1. The topological polar surface area (TPSA) is 53.4 Å². The average Bonchev–Trinajstić information content (AvgIpc) is 2.92. The SMILES string of the molecule is Cc1csc(N(C)C(=O)c2cc(C(C)C)cc(C(C)C)c2O)n1. The van der Waals surface area contributed by atoms with Crippen LogP contribution in [0.2, 0.25) is 0 Å². The lowest BCUT2D eigenvalue weighted by Gasteiger charge is -2.20. The minimum absolute atomic E-state index is 0.0783. The summed E-state index contributed by atoms with van der Waals surface area (Å²) >= 11 is 1.42. The molecule has 0 saturated carbocycles. The van der Waals surface area contributed by atoms with Gasteiger partial charge in [0.2, 0.25) is 0 Å². The van der Waals surface area contributed by atoms with Crippen molar-refractivity contribution in [2.45, 2.75) is 46.5 Å². The molecule has 0 bridgehead atoms. The fraction of sp³-hybridized carbons (Fsp3) is 0.444. The van der Waals surface area contributed by atoms with Gasteiger partial charge in [-0.25, -0.2) is 4.98 Å². The lowest BCUT2D eigenvalue weighted by molar-refractivity contribution is 0.0990. The van der Waals surface area contributed by atoms with Crippen molar-refractivity contribution >= 4 is 22.4 Å². The molecule has 1 amide bonds. The number of aromatic nitrogens is 1. The Balaban J connectivity index is 2.50. The maximum Gasteiger partial charge on any atom is 0.263 e. The van der Waals surface area contributed by atoms with Crippen LogP contribution >= 0.6 is 11.3 Å².